The van der Waals surface area contributed by atoms with Crippen LogP contribution in [0.25, 0.3) is 22.3 Å². The average molecular weight is 599 g/mol. The number of alkyl carbamates (subject to hydrolysis) is 1. The molecule has 0 radical (unpaired) electrons. The predicted octanol–water partition coefficient (Wildman–Crippen LogP) is 7.80. The summed E-state index contributed by atoms with van der Waals surface area (Å²) >= 11 is 0. The van der Waals surface area contributed by atoms with E-state index in [-0.39, 0.29) is 17.7 Å². The lowest BCUT2D eigenvalue weighted by molar-refractivity contribution is 0.0526. The van der Waals surface area contributed by atoms with Crippen LogP contribution in [0.1, 0.15) is 89.7 Å². The standard InChI is InChI=1S/C30H40N8O3.C2H6.4H2/c1-5-18-38-20-22(19-34-38)25-24-14-17-31-26(24)37-28(36-25)35-23-12-10-21(11-13-23)27(39)32-15-8-6-7-9-16-33-29(40)41-30(2,3)4;1-2;;;;/h10-14,17,19-20H,5-9,15-16,18H2,1-4H3,(H,32,39)(H,33,40)(H2,31,35,36,37);1-2H3;4*1H. The Bertz CT molecular complexity index is 1460. The summed E-state index contributed by atoms with van der Waals surface area (Å²) < 4.78 is 7.13. The zero-order valence-electron chi connectivity index (χ0n) is 26.3. The molecule has 4 N–H and O–H groups in total. The van der Waals surface area contributed by atoms with E-state index in [1.165, 1.54) is 0 Å². The second-order valence-electron chi connectivity index (χ2n) is 10.9. The molecule has 0 aliphatic carbocycles. The first-order valence-electron chi connectivity index (χ1n) is 15.2. The molecule has 43 heavy (non-hydrogen) atoms. The third-order valence-corrected chi connectivity index (χ3v) is 6.24. The molecule has 0 spiro atoms. The van der Waals surface area contributed by atoms with E-state index in [4.69, 9.17) is 9.72 Å². The second-order valence-corrected chi connectivity index (χ2v) is 10.9. The highest BCUT2D eigenvalue weighted by atomic mass is 16.6. The molecule has 0 aliphatic heterocycles. The number of nitrogens with one attached hydrogen (secondary N) is 4. The number of ether oxygens (including phenoxy) is 1. The van der Waals surface area contributed by atoms with Crippen molar-refractivity contribution < 1.29 is 20.0 Å². The van der Waals surface area contributed by atoms with Gasteiger partial charge >= 0.3 is 6.09 Å². The van der Waals surface area contributed by atoms with Crippen LogP contribution in [0.3, 0.4) is 0 Å². The van der Waals surface area contributed by atoms with E-state index in [9.17, 15) is 9.59 Å². The van der Waals surface area contributed by atoms with E-state index in [0.29, 0.717) is 24.6 Å². The molecule has 4 aromatic rings. The Balaban J connectivity index is 0. The van der Waals surface area contributed by atoms with Gasteiger partial charge in [-0.2, -0.15) is 10.1 Å². The van der Waals surface area contributed by atoms with Crippen molar-refractivity contribution in [3.05, 3.63) is 54.5 Å². The molecule has 11 heteroatoms. The highest BCUT2D eigenvalue weighted by molar-refractivity contribution is 5.94. The second kappa shape index (κ2) is 16.3. The van der Waals surface area contributed by atoms with E-state index in [1.54, 1.807) is 12.1 Å². The van der Waals surface area contributed by atoms with Crippen LogP contribution in [0.15, 0.2) is 48.9 Å². The topological polar surface area (TPSA) is 139 Å². The van der Waals surface area contributed by atoms with Crippen molar-refractivity contribution in [1.29, 1.82) is 0 Å². The first kappa shape index (κ1) is 33.1. The molecule has 0 bridgehead atoms. The van der Waals surface area contributed by atoms with Gasteiger partial charge in [0.1, 0.15) is 11.2 Å². The smallest absolute Gasteiger partial charge is 0.407 e. The molecule has 3 aromatic heterocycles. The Morgan fingerprint density at radius 2 is 1.67 bits per heavy atom. The van der Waals surface area contributed by atoms with Crippen molar-refractivity contribution in [2.75, 3.05) is 18.4 Å². The minimum Gasteiger partial charge on any atom is -0.444 e. The minimum absolute atomic E-state index is 0. The number of benzene rings is 1. The first-order valence-corrected chi connectivity index (χ1v) is 15.2. The molecule has 3 heterocycles. The number of amides is 2. The number of aromatic amines is 1. The van der Waals surface area contributed by atoms with E-state index in [0.717, 1.165) is 66.6 Å². The number of anilines is 2. The highest BCUT2D eigenvalue weighted by Crippen LogP contribution is 2.27. The van der Waals surface area contributed by atoms with Crippen LogP contribution in [-0.2, 0) is 11.3 Å². The van der Waals surface area contributed by atoms with Gasteiger partial charge in [0.05, 0.1) is 11.9 Å². The predicted molar refractivity (Wildman–Crippen MR) is 180 cm³/mol. The van der Waals surface area contributed by atoms with E-state index >= 15 is 0 Å². The SMILES string of the molecule is CC.CCCn1cc(-c2nc(Nc3ccc(C(=O)NCCCCCCNC(=O)OC(C)(C)C)cc3)nc3[nH]ccc23)cn1.[HH].[HH].[HH].[HH]. The molecule has 11 nitrogen and oxygen atoms in total. The van der Waals surface area contributed by atoms with Gasteiger partial charge in [-0.1, -0.05) is 33.6 Å². The monoisotopic (exact) mass is 598 g/mol. The Morgan fingerprint density at radius 1 is 0.977 bits per heavy atom. The summed E-state index contributed by atoms with van der Waals surface area (Å²) in [7, 11) is 0. The maximum absolute atomic E-state index is 12.6. The fourth-order valence-electron chi connectivity index (χ4n) is 4.30. The van der Waals surface area contributed by atoms with Gasteiger partial charge in [0.25, 0.3) is 5.91 Å². The Hall–Kier alpha value is -4.41. The highest BCUT2D eigenvalue weighted by Gasteiger charge is 2.16. The van der Waals surface area contributed by atoms with Crippen molar-refractivity contribution in [3.63, 3.8) is 0 Å². The van der Waals surface area contributed by atoms with Crippen LogP contribution < -0.4 is 16.0 Å². The zero-order chi connectivity index (χ0) is 31.2. The number of aromatic nitrogens is 5. The van der Waals surface area contributed by atoms with E-state index < -0.39 is 5.60 Å². The van der Waals surface area contributed by atoms with Crippen LogP contribution >= 0.6 is 0 Å². The Labute approximate surface area is 260 Å². The molecule has 0 atom stereocenters. The quantitative estimate of drug-likeness (QED) is 0.115. The van der Waals surface area contributed by atoms with Gasteiger partial charge in [-0.05, 0) is 70.4 Å². The van der Waals surface area contributed by atoms with Crippen molar-refractivity contribution in [2.24, 2.45) is 0 Å². The van der Waals surface area contributed by atoms with Crippen LogP contribution in [0.5, 0.6) is 0 Å². The first-order chi connectivity index (χ1) is 20.7. The summed E-state index contributed by atoms with van der Waals surface area (Å²) in [6, 6.07) is 9.20. The third-order valence-electron chi connectivity index (χ3n) is 6.24. The van der Waals surface area contributed by atoms with Gasteiger partial charge in [0, 0.05) is 59.9 Å². The zero-order valence-corrected chi connectivity index (χ0v) is 26.3. The molecule has 0 saturated heterocycles. The largest absolute Gasteiger partial charge is 0.444 e. The van der Waals surface area contributed by atoms with Gasteiger partial charge < -0.3 is 25.7 Å². The van der Waals surface area contributed by atoms with Crippen LogP contribution in [0.4, 0.5) is 16.4 Å². The summed E-state index contributed by atoms with van der Waals surface area (Å²) in [6.07, 6.45) is 9.95. The summed E-state index contributed by atoms with van der Waals surface area (Å²) in [5.74, 6) is 0.343. The summed E-state index contributed by atoms with van der Waals surface area (Å²) in [4.78, 5) is 36.8. The summed E-state index contributed by atoms with van der Waals surface area (Å²) in [5, 5.41) is 14.4. The number of aryl methyl sites for hydroxylation is 1. The van der Waals surface area contributed by atoms with Crippen LogP contribution in [0.2, 0.25) is 0 Å². The van der Waals surface area contributed by atoms with Crippen molar-refractivity contribution in [1.82, 2.24) is 35.4 Å². The van der Waals surface area contributed by atoms with Gasteiger partial charge in [-0.25, -0.2) is 9.78 Å². The number of fused-ring (bicyclic) bond motifs is 1. The fourth-order valence-corrected chi connectivity index (χ4v) is 4.30. The Morgan fingerprint density at radius 3 is 2.35 bits per heavy atom. The van der Waals surface area contributed by atoms with E-state index in [1.807, 2.05) is 76.1 Å². The maximum Gasteiger partial charge on any atom is 0.407 e. The van der Waals surface area contributed by atoms with Crippen molar-refractivity contribution in [2.45, 2.75) is 85.8 Å². The van der Waals surface area contributed by atoms with Crippen molar-refractivity contribution >= 4 is 34.7 Å². The number of H-pyrrole nitrogens is 1. The third kappa shape index (κ3) is 10.4. The number of carbonyl (C=O) groups is 2. The molecule has 1 aromatic carbocycles. The number of rotatable bonds is 13. The summed E-state index contributed by atoms with van der Waals surface area (Å²) in [5.41, 5.74) is 3.34. The molecule has 2 amide bonds. The summed E-state index contributed by atoms with van der Waals surface area (Å²) in [6.45, 7) is 13.7. The molecular formula is C32H54N8O3. The molecule has 0 saturated carbocycles. The number of hydrogen-bond acceptors (Lipinski definition) is 7. The number of hydrogen-bond donors (Lipinski definition) is 4. The lowest BCUT2D eigenvalue weighted by Crippen LogP contribution is -2.33. The van der Waals surface area contributed by atoms with Gasteiger partial charge in [0.15, 0.2) is 0 Å². The van der Waals surface area contributed by atoms with Crippen molar-refractivity contribution in [3.8, 4) is 11.3 Å². The Kier molecular flexibility index (Phi) is 12.5. The molecule has 0 aliphatic rings. The molecule has 4 rings (SSSR count). The minimum atomic E-state index is -0.491. The van der Waals surface area contributed by atoms with Crippen LogP contribution in [0, 0.1) is 0 Å². The fraction of sp³-hybridized carbons (Fsp3) is 0.469. The van der Waals surface area contributed by atoms with Gasteiger partial charge in [-0.15, -0.1) is 0 Å². The van der Waals surface area contributed by atoms with Gasteiger partial charge in [0.2, 0.25) is 5.95 Å². The number of carbonyl (C=O) groups excluding carboxylic acids is 2. The average Bonchev–Trinajstić information content (AvgIpc) is 3.64. The maximum atomic E-state index is 12.6. The lowest BCUT2D eigenvalue weighted by Gasteiger charge is -2.19. The van der Waals surface area contributed by atoms with E-state index in [2.05, 4.69) is 37.9 Å². The lowest BCUT2D eigenvalue weighted by atomic mass is 10.1. The molecular weight excluding hydrogens is 544 g/mol. The molecule has 240 valence electrons. The normalized spacial score (nSPS) is 11.0. The van der Waals surface area contributed by atoms with Gasteiger partial charge in [-0.3, -0.25) is 9.48 Å². The van der Waals surface area contributed by atoms with Crippen LogP contribution in [-0.4, -0.2) is 55.4 Å². The molecule has 0 fully saturated rings. The number of unbranched alkanes of at least 4 members (excludes halogenated alkanes) is 3. The number of nitrogens with zero attached hydrogens (tertiary/aromatic N) is 4. The molecule has 0 unspecified atom stereocenters.